The molecule has 1 saturated carbocycles. The number of carboxylic acids is 1. The highest BCUT2D eigenvalue weighted by Crippen LogP contribution is 2.35. The Kier molecular flexibility index (Phi) is 7.88. The molecule has 1 N–H and O–H groups in total. The van der Waals surface area contributed by atoms with E-state index in [1.807, 2.05) is 12.3 Å². The van der Waals surface area contributed by atoms with Crippen molar-refractivity contribution >= 4 is 5.97 Å². The first-order valence-electron chi connectivity index (χ1n) is 8.68. The maximum atomic E-state index is 10.6. The van der Waals surface area contributed by atoms with Gasteiger partial charge in [-0.2, -0.15) is 13.2 Å². The van der Waals surface area contributed by atoms with Crippen LogP contribution in [0, 0.1) is 5.92 Å². The van der Waals surface area contributed by atoms with E-state index in [1.54, 1.807) is 12.3 Å². The molecule has 3 unspecified atom stereocenters. The van der Waals surface area contributed by atoms with Crippen LogP contribution in [0.2, 0.25) is 0 Å². The topological polar surface area (TPSA) is 72.1 Å². The largest absolute Gasteiger partial charge is 0.490 e. The molecule has 2 aliphatic rings. The minimum Gasteiger partial charge on any atom is -0.475 e. The smallest absolute Gasteiger partial charge is 0.475 e. The average molecular weight is 391 g/mol. The Morgan fingerprint density at radius 2 is 2.19 bits per heavy atom. The summed E-state index contributed by atoms with van der Waals surface area (Å²) in [7, 11) is 0. The van der Waals surface area contributed by atoms with E-state index in [0.29, 0.717) is 24.7 Å². The predicted octanol–water partition coefficient (Wildman–Crippen LogP) is 3.09. The van der Waals surface area contributed by atoms with Crippen LogP contribution in [0.25, 0.3) is 0 Å². The van der Waals surface area contributed by atoms with E-state index in [0.717, 1.165) is 26.3 Å². The number of alkyl halides is 3. The molecule has 1 saturated heterocycles. The Bertz CT molecular complexity index is 590. The van der Waals surface area contributed by atoms with Crippen LogP contribution in [0.5, 0.6) is 0 Å². The first kappa shape index (κ1) is 21.5. The number of ether oxygens (including phenoxy) is 2. The first-order valence-corrected chi connectivity index (χ1v) is 8.68. The van der Waals surface area contributed by atoms with Crippen molar-refractivity contribution < 1.29 is 37.0 Å². The van der Waals surface area contributed by atoms with Crippen molar-refractivity contribution in [1.82, 2.24) is 4.90 Å². The quantitative estimate of drug-likeness (QED) is 0.594. The monoisotopic (exact) mass is 391 g/mol. The van der Waals surface area contributed by atoms with Gasteiger partial charge in [0.05, 0.1) is 38.5 Å². The van der Waals surface area contributed by atoms with Crippen LogP contribution in [-0.4, -0.2) is 60.7 Å². The standard InChI is InChI=1S/C16H23NO3.C2HF3O2/c1-2-7-18-12-14-3-4-15-16(14)20-9-6-17(15)10-13-5-8-19-11-13;3-2(4,5)1(6)7/h2,5,8,11,14-16H,1,3-4,6-7,9-10,12H2;(H,6,7). The van der Waals surface area contributed by atoms with E-state index < -0.39 is 12.1 Å². The highest BCUT2D eigenvalue weighted by molar-refractivity contribution is 5.73. The molecule has 1 aromatic rings. The summed E-state index contributed by atoms with van der Waals surface area (Å²) >= 11 is 0. The lowest BCUT2D eigenvalue weighted by Gasteiger charge is -2.39. The summed E-state index contributed by atoms with van der Waals surface area (Å²) in [6.45, 7) is 7.89. The molecule has 3 atom stereocenters. The Balaban J connectivity index is 0.000000321. The summed E-state index contributed by atoms with van der Waals surface area (Å²) in [5, 5.41) is 7.12. The van der Waals surface area contributed by atoms with Crippen molar-refractivity contribution in [3.63, 3.8) is 0 Å². The molecule has 2 heterocycles. The Morgan fingerprint density at radius 3 is 2.78 bits per heavy atom. The van der Waals surface area contributed by atoms with Gasteiger partial charge in [0.25, 0.3) is 0 Å². The minimum absolute atomic E-state index is 0.320. The van der Waals surface area contributed by atoms with Crippen LogP contribution in [0.1, 0.15) is 18.4 Å². The van der Waals surface area contributed by atoms with E-state index in [2.05, 4.69) is 11.5 Å². The lowest BCUT2D eigenvalue weighted by atomic mass is 10.0. The van der Waals surface area contributed by atoms with Crippen LogP contribution in [0.4, 0.5) is 13.2 Å². The summed E-state index contributed by atoms with van der Waals surface area (Å²) in [6, 6.07) is 2.57. The van der Waals surface area contributed by atoms with Crippen molar-refractivity contribution in [1.29, 1.82) is 0 Å². The molecule has 1 aliphatic carbocycles. The summed E-state index contributed by atoms with van der Waals surface area (Å²) in [5.41, 5.74) is 1.25. The summed E-state index contributed by atoms with van der Waals surface area (Å²) in [5.74, 6) is -2.24. The van der Waals surface area contributed by atoms with E-state index in [1.165, 1.54) is 18.4 Å². The van der Waals surface area contributed by atoms with Crippen molar-refractivity contribution in [3.05, 3.63) is 36.8 Å². The van der Waals surface area contributed by atoms with Crippen LogP contribution >= 0.6 is 0 Å². The molecule has 0 radical (unpaired) electrons. The zero-order valence-electron chi connectivity index (χ0n) is 14.9. The fraction of sp³-hybridized carbons (Fsp3) is 0.611. The zero-order chi connectivity index (χ0) is 19.9. The SMILES string of the molecule is C=CCOCC1CCC2C1OCCN2Cc1ccoc1.O=C(O)C(F)(F)F. The number of hydrogen-bond donors (Lipinski definition) is 1. The summed E-state index contributed by atoms with van der Waals surface area (Å²) in [6.07, 6.45) is 3.01. The minimum atomic E-state index is -5.08. The van der Waals surface area contributed by atoms with Crippen molar-refractivity contribution in [2.75, 3.05) is 26.4 Å². The fourth-order valence-corrected chi connectivity index (χ4v) is 3.43. The first-order chi connectivity index (χ1) is 12.8. The van der Waals surface area contributed by atoms with Crippen LogP contribution < -0.4 is 0 Å². The fourth-order valence-electron chi connectivity index (χ4n) is 3.43. The molecular weight excluding hydrogens is 367 g/mol. The molecule has 1 aliphatic heterocycles. The Hall–Kier alpha value is -1.84. The second-order valence-electron chi connectivity index (χ2n) is 6.47. The third-order valence-electron chi connectivity index (χ3n) is 4.61. The molecule has 2 fully saturated rings. The van der Waals surface area contributed by atoms with Gasteiger partial charge in [-0.3, -0.25) is 4.90 Å². The third-order valence-corrected chi connectivity index (χ3v) is 4.61. The number of halogens is 3. The molecule has 1 aromatic heterocycles. The van der Waals surface area contributed by atoms with Crippen molar-refractivity contribution in [2.24, 2.45) is 5.92 Å². The number of carbonyl (C=O) groups is 1. The van der Waals surface area contributed by atoms with Gasteiger partial charge >= 0.3 is 12.1 Å². The van der Waals surface area contributed by atoms with E-state index in [-0.39, 0.29) is 0 Å². The van der Waals surface area contributed by atoms with E-state index >= 15 is 0 Å². The molecule has 6 nitrogen and oxygen atoms in total. The molecule has 152 valence electrons. The third kappa shape index (κ3) is 6.37. The van der Waals surface area contributed by atoms with Gasteiger partial charge in [0.15, 0.2) is 0 Å². The second kappa shape index (κ2) is 9.91. The van der Waals surface area contributed by atoms with Gasteiger partial charge in [-0.25, -0.2) is 4.79 Å². The van der Waals surface area contributed by atoms with Gasteiger partial charge in [0.2, 0.25) is 0 Å². The van der Waals surface area contributed by atoms with Crippen molar-refractivity contribution in [3.8, 4) is 0 Å². The maximum absolute atomic E-state index is 10.6. The Labute approximate surface area is 155 Å². The number of rotatable bonds is 6. The molecular formula is C18H24F3NO5. The second-order valence-corrected chi connectivity index (χ2v) is 6.47. The van der Waals surface area contributed by atoms with Gasteiger partial charge in [0, 0.05) is 30.6 Å². The van der Waals surface area contributed by atoms with E-state index in [9.17, 15) is 13.2 Å². The number of hydrogen-bond acceptors (Lipinski definition) is 5. The number of furan rings is 1. The normalized spacial score (nSPS) is 25.4. The lowest BCUT2D eigenvalue weighted by molar-refractivity contribution is -0.192. The van der Waals surface area contributed by atoms with Gasteiger partial charge < -0.3 is 19.0 Å². The molecule has 9 heteroatoms. The number of nitrogens with zero attached hydrogens (tertiary/aromatic N) is 1. The molecule has 0 amide bonds. The molecule has 0 bridgehead atoms. The number of carboxylic acid groups (broad SMARTS) is 1. The van der Waals surface area contributed by atoms with Gasteiger partial charge in [0.1, 0.15) is 0 Å². The zero-order valence-corrected chi connectivity index (χ0v) is 14.9. The predicted molar refractivity (Wildman–Crippen MR) is 90.1 cm³/mol. The average Bonchev–Trinajstić information content (AvgIpc) is 3.25. The molecule has 0 spiro atoms. The lowest BCUT2D eigenvalue weighted by Crippen LogP contribution is -2.50. The highest BCUT2D eigenvalue weighted by atomic mass is 19.4. The van der Waals surface area contributed by atoms with E-state index in [4.69, 9.17) is 23.8 Å². The van der Waals surface area contributed by atoms with Crippen LogP contribution in [0.3, 0.4) is 0 Å². The number of fused-ring (bicyclic) bond motifs is 1. The van der Waals surface area contributed by atoms with Gasteiger partial charge in [-0.15, -0.1) is 6.58 Å². The summed E-state index contributed by atoms with van der Waals surface area (Å²) < 4.78 is 48.6. The van der Waals surface area contributed by atoms with Crippen molar-refractivity contribution in [2.45, 2.75) is 37.7 Å². The summed E-state index contributed by atoms with van der Waals surface area (Å²) in [4.78, 5) is 11.4. The molecule has 3 rings (SSSR count). The molecule has 27 heavy (non-hydrogen) atoms. The Morgan fingerprint density at radius 1 is 1.44 bits per heavy atom. The maximum Gasteiger partial charge on any atom is 0.490 e. The van der Waals surface area contributed by atoms with Crippen LogP contribution in [0.15, 0.2) is 35.7 Å². The number of morpholine rings is 1. The number of aliphatic carboxylic acids is 1. The van der Waals surface area contributed by atoms with Gasteiger partial charge in [-0.1, -0.05) is 6.08 Å². The highest BCUT2D eigenvalue weighted by Gasteiger charge is 2.42. The molecule has 0 aromatic carbocycles. The van der Waals surface area contributed by atoms with Gasteiger partial charge in [-0.05, 0) is 18.9 Å². The van der Waals surface area contributed by atoms with Crippen LogP contribution in [-0.2, 0) is 20.8 Å².